The first-order valence-corrected chi connectivity index (χ1v) is 10.7. The lowest BCUT2D eigenvalue weighted by molar-refractivity contribution is -0.135. The summed E-state index contributed by atoms with van der Waals surface area (Å²) in [6.45, 7) is 6.30. The average molecular weight is 453 g/mol. The SMILES string of the molecule is CCOc1cc(/C=C2\N=C(c3ccccc3OCC)OC2=O)ccc1OC(C)C(=O)N(C)C. The van der Waals surface area contributed by atoms with Crippen LogP contribution < -0.4 is 14.2 Å². The Morgan fingerprint density at radius 1 is 1.06 bits per heavy atom. The number of aliphatic imine (C=N–C) groups is 1. The molecule has 0 aliphatic carbocycles. The Morgan fingerprint density at radius 3 is 2.45 bits per heavy atom. The summed E-state index contributed by atoms with van der Waals surface area (Å²) in [4.78, 5) is 30.4. The monoisotopic (exact) mass is 452 g/mol. The van der Waals surface area contributed by atoms with E-state index >= 15 is 0 Å². The maximum absolute atomic E-state index is 12.4. The van der Waals surface area contributed by atoms with E-state index in [0.29, 0.717) is 41.6 Å². The molecule has 2 aromatic carbocycles. The molecule has 0 aromatic heterocycles. The smallest absolute Gasteiger partial charge is 0.363 e. The van der Waals surface area contributed by atoms with Crippen LogP contribution in [-0.4, -0.2) is 56.1 Å². The van der Waals surface area contributed by atoms with Crippen LogP contribution in [0, 0.1) is 0 Å². The third-order valence-electron chi connectivity index (χ3n) is 4.70. The van der Waals surface area contributed by atoms with Crippen molar-refractivity contribution < 1.29 is 28.5 Å². The predicted octanol–water partition coefficient (Wildman–Crippen LogP) is 3.68. The normalized spacial score (nSPS) is 15.0. The number of carbonyl (C=O) groups is 2. The molecular weight excluding hydrogens is 424 g/mol. The number of hydrogen-bond donors (Lipinski definition) is 0. The molecule has 8 heteroatoms. The zero-order valence-electron chi connectivity index (χ0n) is 19.5. The molecular formula is C25H28N2O6. The quantitative estimate of drug-likeness (QED) is 0.426. The summed E-state index contributed by atoms with van der Waals surface area (Å²) < 4.78 is 22.5. The Kier molecular flexibility index (Phi) is 7.71. The van der Waals surface area contributed by atoms with Crippen molar-refractivity contribution in [1.29, 1.82) is 0 Å². The van der Waals surface area contributed by atoms with Crippen LogP contribution in [0.15, 0.2) is 53.2 Å². The van der Waals surface area contributed by atoms with Crippen LogP contribution in [0.25, 0.3) is 6.08 Å². The van der Waals surface area contributed by atoms with Gasteiger partial charge in [-0.05, 0) is 56.7 Å². The zero-order chi connectivity index (χ0) is 24.0. The summed E-state index contributed by atoms with van der Waals surface area (Å²) in [6, 6.07) is 12.4. The van der Waals surface area contributed by atoms with Crippen LogP contribution in [0.4, 0.5) is 0 Å². The third-order valence-corrected chi connectivity index (χ3v) is 4.70. The Labute approximate surface area is 193 Å². The largest absolute Gasteiger partial charge is 0.493 e. The number of benzene rings is 2. The summed E-state index contributed by atoms with van der Waals surface area (Å²) >= 11 is 0. The highest BCUT2D eigenvalue weighted by Gasteiger charge is 2.26. The van der Waals surface area contributed by atoms with Crippen molar-refractivity contribution in [2.75, 3.05) is 27.3 Å². The van der Waals surface area contributed by atoms with Crippen LogP contribution in [0.1, 0.15) is 31.9 Å². The highest BCUT2D eigenvalue weighted by atomic mass is 16.6. The molecule has 1 aliphatic rings. The van der Waals surface area contributed by atoms with E-state index in [-0.39, 0.29) is 17.5 Å². The standard InChI is InChI=1S/C25H28N2O6/c1-6-30-20-11-9-8-10-18(20)23-26-19(25(29)33-23)14-17-12-13-21(22(15-17)31-7-2)32-16(3)24(28)27(4)5/h8-16H,6-7H2,1-5H3/b19-14-. The van der Waals surface area contributed by atoms with Gasteiger partial charge in [0, 0.05) is 14.1 Å². The van der Waals surface area contributed by atoms with E-state index in [4.69, 9.17) is 18.9 Å². The molecule has 0 saturated carbocycles. The Bertz CT molecular complexity index is 1090. The number of hydrogen-bond acceptors (Lipinski definition) is 7. The van der Waals surface area contributed by atoms with Gasteiger partial charge in [0.05, 0.1) is 18.8 Å². The van der Waals surface area contributed by atoms with Gasteiger partial charge in [0.15, 0.2) is 23.3 Å². The lowest BCUT2D eigenvalue weighted by Gasteiger charge is -2.20. The maximum Gasteiger partial charge on any atom is 0.363 e. The van der Waals surface area contributed by atoms with Gasteiger partial charge in [-0.3, -0.25) is 4.79 Å². The van der Waals surface area contributed by atoms with Crippen molar-refractivity contribution in [2.45, 2.75) is 26.9 Å². The minimum atomic E-state index is -0.675. The molecule has 0 N–H and O–H groups in total. The molecule has 0 radical (unpaired) electrons. The maximum atomic E-state index is 12.4. The average Bonchev–Trinajstić information content (AvgIpc) is 3.15. The van der Waals surface area contributed by atoms with Crippen LogP contribution >= 0.6 is 0 Å². The number of cyclic esters (lactones) is 1. The molecule has 8 nitrogen and oxygen atoms in total. The van der Waals surface area contributed by atoms with Gasteiger partial charge in [-0.15, -0.1) is 0 Å². The molecule has 1 amide bonds. The second kappa shape index (κ2) is 10.7. The molecule has 0 spiro atoms. The van der Waals surface area contributed by atoms with Crippen molar-refractivity contribution in [2.24, 2.45) is 4.99 Å². The fourth-order valence-electron chi connectivity index (χ4n) is 3.19. The van der Waals surface area contributed by atoms with E-state index in [1.54, 1.807) is 57.4 Å². The van der Waals surface area contributed by atoms with Gasteiger partial charge >= 0.3 is 5.97 Å². The van der Waals surface area contributed by atoms with Crippen molar-refractivity contribution >= 4 is 23.9 Å². The summed E-state index contributed by atoms with van der Waals surface area (Å²) in [7, 11) is 3.34. The second-order valence-electron chi connectivity index (χ2n) is 7.40. The minimum absolute atomic E-state index is 0.156. The van der Waals surface area contributed by atoms with E-state index in [2.05, 4.69) is 4.99 Å². The van der Waals surface area contributed by atoms with Gasteiger partial charge in [-0.1, -0.05) is 18.2 Å². The van der Waals surface area contributed by atoms with E-state index in [0.717, 1.165) is 0 Å². The molecule has 1 unspecified atom stereocenters. The highest BCUT2D eigenvalue weighted by Crippen LogP contribution is 2.31. The van der Waals surface area contributed by atoms with Crippen molar-refractivity contribution in [3.05, 3.63) is 59.3 Å². The number of para-hydroxylation sites is 1. The summed E-state index contributed by atoms with van der Waals surface area (Å²) in [5.74, 6) is 0.963. The first-order chi connectivity index (χ1) is 15.8. The zero-order valence-corrected chi connectivity index (χ0v) is 19.5. The van der Waals surface area contributed by atoms with Gasteiger partial charge in [0.25, 0.3) is 5.91 Å². The third kappa shape index (κ3) is 5.71. The lowest BCUT2D eigenvalue weighted by Crippen LogP contribution is -2.35. The number of likely N-dealkylation sites (N-methyl/N-ethyl adjacent to an activating group) is 1. The highest BCUT2D eigenvalue weighted by molar-refractivity contribution is 6.13. The number of carbonyl (C=O) groups excluding carboxylic acids is 2. The van der Waals surface area contributed by atoms with Crippen LogP contribution in [0.2, 0.25) is 0 Å². The van der Waals surface area contributed by atoms with Crippen molar-refractivity contribution in [3.8, 4) is 17.2 Å². The molecule has 0 bridgehead atoms. The Hall–Kier alpha value is -3.81. The molecule has 1 aliphatic heterocycles. The number of ether oxygens (including phenoxy) is 4. The Morgan fingerprint density at radius 2 is 1.76 bits per heavy atom. The summed E-state index contributed by atoms with van der Waals surface area (Å²) in [5, 5.41) is 0. The van der Waals surface area contributed by atoms with E-state index in [1.165, 1.54) is 4.90 Å². The Balaban J connectivity index is 1.89. The molecule has 1 heterocycles. The predicted molar refractivity (Wildman–Crippen MR) is 125 cm³/mol. The topological polar surface area (TPSA) is 86.7 Å². The molecule has 33 heavy (non-hydrogen) atoms. The minimum Gasteiger partial charge on any atom is -0.493 e. The van der Waals surface area contributed by atoms with Gasteiger partial charge in [-0.25, -0.2) is 9.79 Å². The molecule has 2 aromatic rings. The first kappa shape index (κ1) is 23.8. The van der Waals surface area contributed by atoms with Gasteiger partial charge in [-0.2, -0.15) is 0 Å². The molecule has 174 valence electrons. The van der Waals surface area contributed by atoms with Gasteiger partial charge in [0.2, 0.25) is 5.90 Å². The molecule has 3 rings (SSSR count). The molecule has 0 fully saturated rings. The lowest BCUT2D eigenvalue weighted by atomic mass is 10.1. The first-order valence-electron chi connectivity index (χ1n) is 10.7. The fraction of sp³-hybridized carbons (Fsp3) is 0.320. The number of rotatable bonds is 9. The van der Waals surface area contributed by atoms with E-state index < -0.39 is 12.1 Å². The molecule has 0 saturated heterocycles. The number of esters is 1. The summed E-state index contributed by atoms with van der Waals surface area (Å²) in [6.07, 6.45) is 0.935. The van der Waals surface area contributed by atoms with E-state index in [1.807, 2.05) is 26.0 Å². The van der Waals surface area contributed by atoms with E-state index in [9.17, 15) is 9.59 Å². The number of amides is 1. The number of nitrogens with zero attached hydrogens (tertiary/aromatic N) is 2. The fourth-order valence-corrected chi connectivity index (χ4v) is 3.19. The molecule has 1 atom stereocenters. The van der Waals surface area contributed by atoms with Crippen molar-refractivity contribution in [1.82, 2.24) is 4.90 Å². The van der Waals surface area contributed by atoms with Crippen LogP contribution in [0.5, 0.6) is 17.2 Å². The van der Waals surface area contributed by atoms with Gasteiger partial charge < -0.3 is 23.8 Å². The van der Waals surface area contributed by atoms with Crippen LogP contribution in [0.3, 0.4) is 0 Å². The van der Waals surface area contributed by atoms with Crippen LogP contribution in [-0.2, 0) is 14.3 Å². The van der Waals surface area contributed by atoms with Crippen molar-refractivity contribution in [3.63, 3.8) is 0 Å². The summed E-state index contributed by atoms with van der Waals surface area (Å²) in [5.41, 5.74) is 1.44. The second-order valence-corrected chi connectivity index (χ2v) is 7.40. The van der Waals surface area contributed by atoms with Gasteiger partial charge in [0.1, 0.15) is 5.75 Å².